The Kier molecular flexibility index (Phi) is 60.2. The predicted octanol–water partition coefficient (Wildman–Crippen LogP) is 2.12. The van der Waals surface area contributed by atoms with Gasteiger partial charge in [-0.2, -0.15) is 0 Å². The Bertz CT molecular complexity index is 116. The molecule has 0 spiro atoms. The van der Waals surface area contributed by atoms with E-state index in [-0.39, 0.29) is 19.5 Å². The number of carbonyl (C=O) groups excluding carboxylic acids is 3. The van der Waals surface area contributed by atoms with Crippen molar-refractivity contribution < 1.29 is 33.9 Å². The van der Waals surface area contributed by atoms with Gasteiger partial charge in [0.15, 0.2) is 0 Å². The summed E-state index contributed by atoms with van der Waals surface area (Å²) in [6.07, 6.45) is 14.0. The molecule has 0 aromatic carbocycles. The third-order valence-corrected chi connectivity index (χ3v) is 1.33. The van der Waals surface area contributed by atoms with Crippen LogP contribution in [0.1, 0.15) is 25.7 Å². The summed E-state index contributed by atoms with van der Waals surface area (Å²) in [6, 6.07) is 0. The van der Waals surface area contributed by atoms with Gasteiger partial charge in [-0.1, -0.05) is 24.3 Å². The molecule has 1 aliphatic rings. The van der Waals surface area contributed by atoms with Crippen LogP contribution >= 0.6 is 0 Å². The second-order valence-corrected chi connectivity index (χ2v) is 2.10. The molecule has 0 atom stereocenters. The van der Waals surface area contributed by atoms with Crippen molar-refractivity contribution in [2.45, 2.75) is 25.7 Å². The molecular formula is C11H18O3Ru. The second kappa shape index (κ2) is 38.0. The summed E-state index contributed by atoms with van der Waals surface area (Å²) in [7, 11) is 0. The zero-order chi connectivity index (χ0) is 11.7. The number of rotatable bonds is 0. The summed E-state index contributed by atoms with van der Waals surface area (Å²) in [6.45, 7) is 6.00. The van der Waals surface area contributed by atoms with Crippen LogP contribution in [-0.4, -0.2) is 20.4 Å². The smallest absolute Gasteiger partial charge is 0.106 e. The first-order valence-corrected chi connectivity index (χ1v) is 4.17. The molecule has 0 bridgehead atoms. The molecule has 15 heavy (non-hydrogen) atoms. The van der Waals surface area contributed by atoms with Crippen LogP contribution < -0.4 is 0 Å². The van der Waals surface area contributed by atoms with Gasteiger partial charge < -0.3 is 14.4 Å². The quantitative estimate of drug-likeness (QED) is 0.508. The van der Waals surface area contributed by atoms with Gasteiger partial charge in [0.05, 0.1) is 0 Å². The van der Waals surface area contributed by atoms with Gasteiger partial charge in [0, 0.05) is 19.5 Å². The normalized spacial score (nSPS) is 13.6. The first kappa shape index (κ1) is 23.7. The van der Waals surface area contributed by atoms with Crippen LogP contribution in [-0.2, 0) is 33.9 Å². The van der Waals surface area contributed by atoms with Crippen LogP contribution in [0.4, 0.5) is 0 Å². The van der Waals surface area contributed by atoms with Crippen LogP contribution in [0.25, 0.3) is 0 Å². The molecule has 0 aromatic rings. The number of allylic oxidation sites excluding steroid dienone is 4. The molecule has 88 valence electrons. The minimum absolute atomic E-state index is 0. The summed E-state index contributed by atoms with van der Waals surface area (Å²) in [4.78, 5) is 24.0. The Balaban J connectivity index is -0.0000000755. The van der Waals surface area contributed by atoms with Gasteiger partial charge >= 0.3 is 0 Å². The van der Waals surface area contributed by atoms with E-state index in [1.54, 1.807) is 0 Å². The van der Waals surface area contributed by atoms with Gasteiger partial charge in [0.25, 0.3) is 0 Å². The van der Waals surface area contributed by atoms with Gasteiger partial charge in [-0.25, -0.2) is 0 Å². The maximum absolute atomic E-state index is 8.00. The summed E-state index contributed by atoms with van der Waals surface area (Å²) < 4.78 is 0. The van der Waals surface area contributed by atoms with Crippen LogP contribution in [0.5, 0.6) is 0 Å². The third kappa shape index (κ3) is 32.0. The standard InChI is InChI=1S/C8H12.3CH2O.Ru/c1-2-4-6-8-7-5-3-1;3*1-2;/h1-2,7-8H,3-6H2;3*1H2;/b2-1-,8-7?;;;;. The summed E-state index contributed by atoms with van der Waals surface area (Å²) in [5, 5.41) is 0. The second-order valence-electron chi connectivity index (χ2n) is 2.10. The van der Waals surface area contributed by atoms with E-state index < -0.39 is 0 Å². The van der Waals surface area contributed by atoms with Crippen LogP contribution in [0, 0.1) is 0 Å². The third-order valence-electron chi connectivity index (χ3n) is 1.33. The minimum atomic E-state index is 0. The van der Waals surface area contributed by atoms with Gasteiger partial charge in [-0.3, -0.25) is 0 Å². The summed E-state index contributed by atoms with van der Waals surface area (Å²) in [5.74, 6) is 0. The zero-order valence-electron chi connectivity index (χ0n) is 8.84. The van der Waals surface area contributed by atoms with E-state index in [1.807, 2.05) is 20.4 Å². The topological polar surface area (TPSA) is 51.2 Å². The fraction of sp³-hybridized carbons (Fsp3) is 0.364. The Morgan fingerprint density at radius 2 is 0.667 bits per heavy atom. The average Bonchev–Trinajstić information content (AvgIpc) is 2.26. The summed E-state index contributed by atoms with van der Waals surface area (Å²) >= 11 is 0. The van der Waals surface area contributed by atoms with E-state index in [0.29, 0.717) is 0 Å². The molecule has 0 N–H and O–H groups in total. The predicted molar refractivity (Wildman–Crippen MR) is 58.1 cm³/mol. The number of carbonyl (C=O) groups is 3. The molecule has 1 aliphatic carbocycles. The van der Waals surface area contributed by atoms with Crippen molar-refractivity contribution in [2.75, 3.05) is 0 Å². The van der Waals surface area contributed by atoms with E-state index in [1.165, 1.54) is 25.7 Å². The van der Waals surface area contributed by atoms with E-state index in [0.717, 1.165) is 0 Å². The van der Waals surface area contributed by atoms with Crippen molar-refractivity contribution in [2.24, 2.45) is 0 Å². The van der Waals surface area contributed by atoms with Crippen molar-refractivity contribution in [1.29, 1.82) is 0 Å². The first-order chi connectivity index (χ1) is 7.00. The monoisotopic (exact) mass is 300 g/mol. The SMILES string of the molecule is C1=CCC/C=C\CC1.C=O.C=O.C=O.[Ru]. The van der Waals surface area contributed by atoms with E-state index >= 15 is 0 Å². The molecule has 0 fully saturated rings. The largest absolute Gasteiger partial charge is 0.307 e. The van der Waals surface area contributed by atoms with Crippen molar-refractivity contribution >= 4 is 20.4 Å². The molecule has 0 heterocycles. The van der Waals surface area contributed by atoms with Crippen molar-refractivity contribution in [3.8, 4) is 0 Å². The van der Waals surface area contributed by atoms with Gasteiger partial charge in [-0.05, 0) is 25.7 Å². The van der Waals surface area contributed by atoms with E-state index in [2.05, 4.69) is 24.3 Å². The zero-order valence-corrected chi connectivity index (χ0v) is 10.6. The molecular weight excluding hydrogens is 281 g/mol. The molecule has 0 amide bonds. The molecule has 0 aromatic heterocycles. The minimum Gasteiger partial charge on any atom is -0.307 e. The Morgan fingerprint density at radius 3 is 0.800 bits per heavy atom. The Hall–Kier alpha value is -0.887. The number of hydrogen-bond donors (Lipinski definition) is 0. The molecule has 0 unspecified atom stereocenters. The molecule has 0 saturated carbocycles. The fourth-order valence-corrected chi connectivity index (χ4v) is 0.856. The maximum atomic E-state index is 8.00. The molecule has 3 nitrogen and oxygen atoms in total. The van der Waals surface area contributed by atoms with E-state index in [4.69, 9.17) is 14.4 Å². The summed E-state index contributed by atoms with van der Waals surface area (Å²) in [5.41, 5.74) is 0. The van der Waals surface area contributed by atoms with Crippen LogP contribution in [0.15, 0.2) is 24.3 Å². The van der Waals surface area contributed by atoms with Crippen LogP contribution in [0.3, 0.4) is 0 Å². The van der Waals surface area contributed by atoms with Crippen LogP contribution in [0.2, 0.25) is 0 Å². The number of hydrogen-bond acceptors (Lipinski definition) is 3. The molecule has 0 saturated heterocycles. The van der Waals surface area contributed by atoms with Gasteiger partial charge in [-0.15, -0.1) is 0 Å². The fourth-order valence-electron chi connectivity index (χ4n) is 0.856. The van der Waals surface area contributed by atoms with Crippen molar-refractivity contribution in [3.05, 3.63) is 24.3 Å². The average molecular weight is 299 g/mol. The van der Waals surface area contributed by atoms with Gasteiger partial charge in [0.1, 0.15) is 20.4 Å². The molecule has 0 radical (unpaired) electrons. The molecule has 0 aliphatic heterocycles. The van der Waals surface area contributed by atoms with Crippen molar-refractivity contribution in [1.82, 2.24) is 0 Å². The molecule has 4 heteroatoms. The molecule has 1 rings (SSSR count). The Morgan fingerprint density at radius 1 is 0.533 bits per heavy atom. The maximum Gasteiger partial charge on any atom is 0.106 e. The Labute approximate surface area is 104 Å². The van der Waals surface area contributed by atoms with E-state index in [9.17, 15) is 0 Å². The van der Waals surface area contributed by atoms with Crippen molar-refractivity contribution in [3.63, 3.8) is 0 Å². The van der Waals surface area contributed by atoms with Gasteiger partial charge in [0.2, 0.25) is 0 Å². The first-order valence-electron chi connectivity index (χ1n) is 4.17.